The Morgan fingerprint density at radius 1 is 1.39 bits per heavy atom. The molecule has 0 saturated carbocycles. The lowest BCUT2D eigenvalue weighted by Gasteiger charge is -2.36. The molecule has 2 rings (SSSR count). The van der Waals surface area contributed by atoms with Crippen LogP contribution in [0.4, 0.5) is 11.6 Å². The average Bonchev–Trinajstić information content (AvgIpc) is 2.35. The maximum atomic E-state index is 9.97. The van der Waals surface area contributed by atoms with Gasteiger partial charge < -0.3 is 15.4 Å². The Hall–Kier alpha value is -1.40. The van der Waals surface area contributed by atoms with Crippen molar-refractivity contribution < 1.29 is 5.11 Å². The Bertz CT molecular complexity index is 437. The minimum absolute atomic E-state index is 0.303. The second-order valence-electron chi connectivity index (χ2n) is 4.99. The van der Waals surface area contributed by atoms with Gasteiger partial charge in [0.1, 0.15) is 17.5 Å². The molecule has 100 valence electrons. The van der Waals surface area contributed by atoms with E-state index in [0.717, 1.165) is 24.3 Å². The maximum absolute atomic E-state index is 9.97. The molecule has 1 saturated heterocycles. The van der Waals surface area contributed by atoms with Crippen LogP contribution in [-0.2, 0) is 0 Å². The van der Waals surface area contributed by atoms with E-state index >= 15 is 0 Å². The van der Waals surface area contributed by atoms with Crippen LogP contribution >= 0.6 is 0 Å². The maximum Gasteiger partial charge on any atom is 0.148 e. The normalized spacial score (nSPS) is 24.2. The van der Waals surface area contributed by atoms with Crippen LogP contribution in [0.25, 0.3) is 0 Å². The number of β-amino-alcohol motifs (C(OH)–C–C–N with tert-alkyl or cyclic N) is 1. The van der Waals surface area contributed by atoms with Crippen molar-refractivity contribution in [1.82, 2.24) is 9.97 Å². The van der Waals surface area contributed by atoms with Gasteiger partial charge in [0, 0.05) is 18.7 Å². The summed E-state index contributed by atoms with van der Waals surface area (Å²) in [6, 6.07) is 0. The first-order chi connectivity index (χ1) is 8.52. The number of piperidine rings is 1. The van der Waals surface area contributed by atoms with E-state index in [9.17, 15) is 5.11 Å². The van der Waals surface area contributed by atoms with E-state index in [1.54, 1.807) is 0 Å². The molecular weight excluding hydrogens is 230 g/mol. The van der Waals surface area contributed by atoms with E-state index < -0.39 is 0 Å². The molecule has 0 radical (unpaired) electrons. The molecule has 1 fully saturated rings. The van der Waals surface area contributed by atoms with Gasteiger partial charge in [0.2, 0.25) is 0 Å². The third kappa shape index (κ3) is 2.39. The quantitative estimate of drug-likeness (QED) is 0.526. The highest BCUT2D eigenvalue weighted by atomic mass is 16.3. The van der Waals surface area contributed by atoms with Gasteiger partial charge in [-0.25, -0.2) is 15.8 Å². The average molecular weight is 251 g/mol. The molecule has 0 bridgehead atoms. The summed E-state index contributed by atoms with van der Waals surface area (Å²) in [5.41, 5.74) is 3.52. The van der Waals surface area contributed by atoms with E-state index in [-0.39, 0.29) is 6.10 Å². The van der Waals surface area contributed by atoms with Gasteiger partial charge in [-0.2, -0.15) is 0 Å². The van der Waals surface area contributed by atoms with Crippen LogP contribution in [0, 0.1) is 19.8 Å². The Morgan fingerprint density at radius 3 is 2.72 bits per heavy atom. The molecule has 0 spiro atoms. The van der Waals surface area contributed by atoms with Crippen LogP contribution in [0.3, 0.4) is 0 Å². The number of hydrogen-bond donors (Lipinski definition) is 3. The third-order valence-corrected chi connectivity index (χ3v) is 3.59. The minimum Gasteiger partial charge on any atom is -0.391 e. The minimum atomic E-state index is -0.303. The summed E-state index contributed by atoms with van der Waals surface area (Å²) in [5, 5.41) is 9.97. The van der Waals surface area contributed by atoms with Crippen molar-refractivity contribution in [3.8, 4) is 0 Å². The fourth-order valence-corrected chi connectivity index (χ4v) is 2.30. The first-order valence-corrected chi connectivity index (χ1v) is 6.27. The van der Waals surface area contributed by atoms with Gasteiger partial charge in [-0.1, -0.05) is 6.92 Å². The highest BCUT2D eigenvalue weighted by molar-refractivity contribution is 5.58. The Morgan fingerprint density at radius 2 is 2.11 bits per heavy atom. The predicted molar refractivity (Wildman–Crippen MR) is 71.3 cm³/mol. The fraction of sp³-hybridized carbons (Fsp3) is 0.667. The first-order valence-electron chi connectivity index (χ1n) is 6.27. The smallest absolute Gasteiger partial charge is 0.148 e. The molecular formula is C12H21N5O. The van der Waals surface area contributed by atoms with Crippen LogP contribution in [0.15, 0.2) is 0 Å². The summed E-state index contributed by atoms with van der Waals surface area (Å²) >= 11 is 0. The zero-order valence-electron chi connectivity index (χ0n) is 11.1. The molecule has 0 aliphatic carbocycles. The number of nitrogens with zero attached hydrogens (tertiary/aromatic N) is 3. The monoisotopic (exact) mass is 251 g/mol. The van der Waals surface area contributed by atoms with Crippen molar-refractivity contribution in [3.63, 3.8) is 0 Å². The number of hydrogen-bond acceptors (Lipinski definition) is 6. The van der Waals surface area contributed by atoms with Crippen molar-refractivity contribution in [1.29, 1.82) is 0 Å². The molecule has 6 heteroatoms. The zero-order valence-corrected chi connectivity index (χ0v) is 11.1. The second kappa shape index (κ2) is 5.07. The highest BCUT2D eigenvalue weighted by Gasteiger charge is 2.26. The molecule has 2 atom stereocenters. The number of nitrogen functional groups attached to an aromatic ring is 1. The number of nitrogens with two attached hydrogens (primary N) is 1. The van der Waals surface area contributed by atoms with Gasteiger partial charge in [0.05, 0.1) is 6.10 Å². The molecule has 1 aromatic rings. The lowest BCUT2D eigenvalue weighted by Crippen LogP contribution is -2.43. The fourth-order valence-electron chi connectivity index (χ4n) is 2.30. The predicted octanol–water partition coefficient (Wildman–Crippen LogP) is 0.586. The van der Waals surface area contributed by atoms with E-state index in [0.29, 0.717) is 24.1 Å². The lowest BCUT2D eigenvalue weighted by atomic mass is 9.96. The molecule has 1 aliphatic heterocycles. The number of aliphatic hydroxyl groups excluding tert-OH is 1. The molecule has 0 amide bonds. The van der Waals surface area contributed by atoms with Crippen LogP contribution in [-0.4, -0.2) is 34.3 Å². The molecule has 6 nitrogen and oxygen atoms in total. The van der Waals surface area contributed by atoms with Gasteiger partial charge >= 0.3 is 0 Å². The number of rotatable bonds is 2. The Labute approximate surface area is 107 Å². The highest BCUT2D eigenvalue weighted by Crippen LogP contribution is 2.27. The van der Waals surface area contributed by atoms with Crippen LogP contribution in [0.1, 0.15) is 24.7 Å². The van der Waals surface area contributed by atoms with Crippen molar-refractivity contribution in [2.24, 2.45) is 11.8 Å². The van der Waals surface area contributed by atoms with Crippen molar-refractivity contribution in [2.75, 3.05) is 23.4 Å². The number of hydrazine groups is 1. The van der Waals surface area contributed by atoms with E-state index in [2.05, 4.69) is 27.2 Å². The van der Waals surface area contributed by atoms with Crippen molar-refractivity contribution >= 4 is 11.6 Å². The lowest BCUT2D eigenvalue weighted by molar-refractivity contribution is 0.102. The summed E-state index contributed by atoms with van der Waals surface area (Å²) in [4.78, 5) is 10.8. The molecule has 2 heterocycles. The largest absolute Gasteiger partial charge is 0.391 e. The van der Waals surface area contributed by atoms with Crippen LogP contribution in [0.5, 0.6) is 0 Å². The van der Waals surface area contributed by atoms with Gasteiger partial charge in [-0.3, -0.25) is 0 Å². The molecule has 0 aromatic carbocycles. The van der Waals surface area contributed by atoms with E-state index in [1.165, 1.54) is 0 Å². The van der Waals surface area contributed by atoms with Gasteiger partial charge in [0.25, 0.3) is 0 Å². The number of aromatic nitrogens is 2. The summed E-state index contributed by atoms with van der Waals surface area (Å²) in [6.45, 7) is 7.37. The van der Waals surface area contributed by atoms with E-state index in [4.69, 9.17) is 5.84 Å². The molecule has 2 unspecified atom stereocenters. The van der Waals surface area contributed by atoms with Crippen LogP contribution in [0.2, 0.25) is 0 Å². The van der Waals surface area contributed by atoms with Gasteiger partial charge in [-0.15, -0.1) is 0 Å². The second-order valence-corrected chi connectivity index (χ2v) is 4.99. The Kier molecular flexibility index (Phi) is 3.68. The van der Waals surface area contributed by atoms with Crippen molar-refractivity contribution in [2.45, 2.75) is 33.3 Å². The summed E-state index contributed by atoms with van der Waals surface area (Å²) in [7, 11) is 0. The van der Waals surface area contributed by atoms with Gasteiger partial charge in [0.15, 0.2) is 0 Å². The SMILES string of the molecule is Cc1nc(NN)c(C)c(N2CCC(C)C(O)C2)n1. The topological polar surface area (TPSA) is 87.3 Å². The number of aryl methyl sites for hydroxylation is 1. The van der Waals surface area contributed by atoms with E-state index in [1.807, 2.05) is 13.8 Å². The van der Waals surface area contributed by atoms with Gasteiger partial charge in [-0.05, 0) is 26.2 Å². The molecule has 18 heavy (non-hydrogen) atoms. The summed E-state index contributed by atoms with van der Waals surface area (Å²) in [6.07, 6.45) is 0.664. The number of anilines is 2. The summed E-state index contributed by atoms with van der Waals surface area (Å²) < 4.78 is 0. The zero-order chi connectivity index (χ0) is 13.3. The third-order valence-electron chi connectivity index (χ3n) is 3.59. The first kappa shape index (κ1) is 13.0. The molecule has 1 aromatic heterocycles. The van der Waals surface area contributed by atoms with Crippen LogP contribution < -0.4 is 16.2 Å². The molecule has 1 aliphatic rings. The molecule has 4 N–H and O–H groups in total. The number of nitrogens with one attached hydrogen (secondary N) is 1. The summed E-state index contributed by atoms with van der Waals surface area (Å²) in [5.74, 6) is 7.99. The Balaban J connectivity index is 2.30. The van der Waals surface area contributed by atoms with Crippen molar-refractivity contribution in [3.05, 3.63) is 11.4 Å². The standard InChI is InChI=1S/C12H21N5O/c1-7-4-5-17(6-10(7)18)12-8(2)11(16-13)14-9(3)15-12/h7,10,18H,4-6,13H2,1-3H3,(H,14,15,16). The number of aliphatic hydroxyl groups is 1.